The van der Waals surface area contributed by atoms with Gasteiger partial charge >= 0.3 is 179 Å². The Morgan fingerprint density at radius 1 is 0.128 bits per heavy atom. The maximum atomic E-state index is 15.2. The highest BCUT2D eigenvalue weighted by molar-refractivity contribution is 5.97. The van der Waals surface area contributed by atoms with Gasteiger partial charge in [-0.25, -0.2) is 71.9 Å². The molecule has 15 atom stereocenters. The molecule has 0 fully saturated rings. The molecule has 0 spiro atoms. The Morgan fingerprint density at radius 2 is 0.220 bits per heavy atom. The summed E-state index contributed by atoms with van der Waals surface area (Å²) in [6, 6.07) is 0. The number of carbonyl (C=O) groups excluding carboxylic acids is 30. The van der Waals surface area contributed by atoms with Crippen molar-refractivity contribution in [2.45, 2.75) is 214 Å². The van der Waals surface area contributed by atoms with Crippen LogP contribution in [0, 0.1) is 0 Å². The van der Waals surface area contributed by atoms with Crippen LogP contribution in [0.1, 0.15) is 117 Å². The molecule has 0 aromatic carbocycles. The second kappa shape index (κ2) is 64.2. The average molecular weight is 2040 g/mol. The normalized spacial score (nSPS) is 13.8. The van der Waals surface area contributed by atoms with Crippen LogP contribution in [0.5, 0.6) is 0 Å². The second-order valence-electron chi connectivity index (χ2n) is 27.9. The van der Waals surface area contributed by atoms with Gasteiger partial charge in [0.25, 0.3) is 0 Å². The van der Waals surface area contributed by atoms with Gasteiger partial charge in [-0.15, -0.1) is 0 Å². The second-order valence-corrected chi connectivity index (χ2v) is 27.9. The lowest BCUT2D eigenvalue weighted by atomic mass is 10.1. The molecule has 0 N–H and O–H groups in total. The summed E-state index contributed by atoms with van der Waals surface area (Å²) in [5.74, 6) is -53.3. The van der Waals surface area contributed by atoms with Gasteiger partial charge in [0.05, 0.1) is 216 Å². The number of hydrogen-bond acceptors (Lipinski definition) is 61. The molecule has 0 radical (unpaired) electrons. The van der Waals surface area contributed by atoms with E-state index >= 15 is 14.4 Å². The Balaban J connectivity index is 9.90. The number of ether oxygens (including phenoxy) is 31. The molecule has 0 bridgehead atoms. The molecule has 0 saturated carbocycles. The van der Waals surface area contributed by atoms with E-state index in [1.165, 1.54) is 0 Å². The molecule has 0 unspecified atom stereocenters. The first-order chi connectivity index (χ1) is 66.1. The molecular weight excluding hydrogens is 1940 g/mol. The van der Waals surface area contributed by atoms with Crippen molar-refractivity contribution in [2.75, 3.05) is 114 Å². The third kappa shape index (κ3) is 47.6. The smallest absolute Gasteiger partial charge is 0.348 e. The van der Waals surface area contributed by atoms with Gasteiger partial charge in [0.15, 0.2) is 6.10 Å². The number of esters is 30. The number of rotatable bonds is 60. The van der Waals surface area contributed by atoms with Crippen LogP contribution in [0.25, 0.3) is 0 Å². The lowest BCUT2D eigenvalue weighted by Crippen LogP contribution is -2.45. The van der Waals surface area contributed by atoms with Crippen molar-refractivity contribution in [3.05, 3.63) is 0 Å². The van der Waals surface area contributed by atoms with E-state index in [4.69, 9.17) is 71.1 Å². The van der Waals surface area contributed by atoms with E-state index in [1.807, 2.05) is 0 Å². The summed E-state index contributed by atoms with van der Waals surface area (Å²) in [6.07, 6.45) is -64.1. The minimum Gasteiger partial charge on any atom is -0.469 e. The van der Waals surface area contributed by atoms with Crippen LogP contribution in [0.15, 0.2) is 0 Å². The standard InChI is InChI=1S/C80H102O61/c1-80(2,3)141-49(79(110)140-48(78(109)139-47(77(108)137-42(72(103)126-19)27-57(88)118-11)32-62(93)130-38(68(99)122-15)23-53(84)114-7)33-63(94)132-44(74(105)135-40(70(101)124-17)25-55(86)116-9)29-59(90)128-36(66(97)120-13)21-51(82)112-5)34-64(95)133-45(75(106)138-46(76(107)136-41(71(102)125-18)26-56(87)117-10)31-61(92)129-37(67(98)121-14)22-52(83)113-6)30-60(91)131-43(73(104)134-39(69(100)123-16)24-54(85)115-8)28-58(89)127-35(65(96)119-12)20-50(81)111-4/h35-49H,20-34H2,1-19H3/t35-,36-,37-,38-,39-,40-,41-,42-,43-,44-,45-,46-,47-,48-,49-/m0/s1. The Hall–Kier alpha value is -15.9. The number of methoxy groups -OCH3 is 16. The summed E-state index contributed by atoms with van der Waals surface area (Å²) in [7, 11) is 11.7. The Labute approximate surface area is 795 Å². The van der Waals surface area contributed by atoms with Gasteiger partial charge in [-0.3, -0.25) is 71.9 Å². The van der Waals surface area contributed by atoms with E-state index in [0.717, 1.165) is 77.6 Å². The van der Waals surface area contributed by atoms with Crippen LogP contribution < -0.4 is 0 Å². The summed E-state index contributed by atoms with van der Waals surface area (Å²) >= 11 is 0. The van der Waals surface area contributed by atoms with Crippen molar-refractivity contribution in [3.63, 3.8) is 0 Å². The van der Waals surface area contributed by atoms with Crippen LogP contribution in [-0.4, -0.2) is 390 Å². The Bertz CT molecular complexity index is 4500. The van der Waals surface area contributed by atoms with E-state index in [1.54, 1.807) is 0 Å². The van der Waals surface area contributed by atoms with Gasteiger partial charge in [-0.2, -0.15) is 0 Å². The van der Waals surface area contributed by atoms with Gasteiger partial charge in [-0.05, 0) is 20.8 Å². The fraction of sp³-hybridized carbons (Fsp3) is 0.625. The topological polar surface area (TPSA) is 798 Å². The summed E-state index contributed by atoms with van der Waals surface area (Å²) in [5, 5.41) is 0. The molecule has 0 aliphatic rings. The van der Waals surface area contributed by atoms with E-state index < -0.39 is 373 Å². The first-order valence-electron chi connectivity index (χ1n) is 39.8. The molecule has 0 amide bonds. The monoisotopic (exact) mass is 2040 g/mol. The molecule has 0 rings (SSSR count). The maximum Gasteiger partial charge on any atom is 0.348 e. The quantitative estimate of drug-likeness (QED) is 0.0404. The van der Waals surface area contributed by atoms with E-state index in [2.05, 4.69) is 75.8 Å². The first kappa shape index (κ1) is 125. The van der Waals surface area contributed by atoms with E-state index in [9.17, 15) is 129 Å². The molecule has 141 heavy (non-hydrogen) atoms. The first-order valence-corrected chi connectivity index (χ1v) is 39.8. The Kier molecular flexibility index (Phi) is 56.9. The molecular formula is C80H102O61. The third-order valence-corrected chi connectivity index (χ3v) is 16.9. The minimum atomic E-state index is -3.35. The zero-order valence-corrected chi connectivity index (χ0v) is 78.7. The van der Waals surface area contributed by atoms with Crippen molar-refractivity contribution in [3.8, 4) is 0 Å². The van der Waals surface area contributed by atoms with Gasteiger partial charge in [0, 0.05) is 0 Å². The highest BCUT2D eigenvalue weighted by atomic mass is 16.7. The van der Waals surface area contributed by atoms with Crippen LogP contribution in [0.3, 0.4) is 0 Å². The highest BCUT2D eigenvalue weighted by Crippen LogP contribution is 2.25. The lowest BCUT2D eigenvalue weighted by Gasteiger charge is -2.28. The number of hydrogen-bond donors (Lipinski definition) is 0. The SMILES string of the molecule is COC(=O)C[C@H](OC(=O)C[C@H](OC(=O)C[C@H](OC(=O)C[C@H](OC(C)(C)C)C(=O)O[C@@H](CC(=O)O[C@@H](CC(=O)O[C@@H](CC(=O)OC)C(=O)OC)C(=O)O[C@@H](CC(=O)OC)C(=O)OC)C(=O)O[C@@H](CC(=O)O[C@@H](CC(=O)OC)C(=O)OC)C(=O)O[C@@H](CC(=O)OC)C(=O)OC)C(=O)O[C@@H](CC(=O)O[C@@H](CC(=O)OC)C(=O)OC)C(=O)O[C@@H](CC(=O)OC)C(=O)OC)C(=O)O[C@@H](CC(=O)OC)C(=O)OC)C(=O)OC. The largest absolute Gasteiger partial charge is 0.469 e. The lowest BCUT2D eigenvalue weighted by molar-refractivity contribution is -0.196. The molecule has 0 aromatic rings. The molecule has 61 nitrogen and oxygen atoms in total. The van der Waals surface area contributed by atoms with Gasteiger partial charge in [-0.1, -0.05) is 0 Å². The van der Waals surface area contributed by atoms with Crippen molar-refractivity contribution in [2.24, 2.45) is 0 Å². The van der Waals surface area contributed by atoms with Crippen LogP contribution >= 0.6 is 0 Å². The molecule has 0 heterocycles. The predicted molar refractivity (Wildman–Crippen MR) is 424 cm³/mol. The molecule has 0 saturated heterocycles. The van der Waals surface area contributed by atoms with Crippen LogP contribution in [0.4, 0.5) is 0 Å². The van der Waals surface area contributed by atoms with Crippen LogP contribution in [-0.2, 0) is 291 Å². The van der Waals surface area contributed by atoms with Gasteiger partial charge in [0.2, 0.25) is 85.5 Å². The van der Waals surface area contributed by atoms with Crippen molar-refractivity contribution in [1.82, 2.24) is 0 Å². The summed E-state index contributed by atoms with van der Waals surface area (Å²) in [6.45, 7) is 3.14. The molecule has 0 aliphatic carbocycles. The molecule has 0 aromatic heterocycles. The van der Waals surface area contributed by atoms with Crippen molar-refractivity contribution >= 4 is 179 Å². The summed E-state index contributed by atoms with van der Waals surface area (Å²) in [5.41, 5.74) is -1.97. The van der Waals surface area contributed by atoms with Crippen LogP contribution in [0.2, 0.25) is 0 Å². The summed E-state index contributed by atoms with van der Waals surface area (Å²) < 4.78 is 150. The minimum absolute atomic E-state index is 0.655. The van der Waals surface area contributed by atoms with Gasteiger partial charge in [0.1, 0.15) is 0 Å². The number of carbonyl (C=O) groups is 30. The molecule has 0 aliphatic heterocycles. The highest BCUT2D eigenvalue weighted by Gasteiger charge is 2.47. The third-order valence-electron chi connectivity index (χ3n) is 16.9. The van der Waals surface area contributed by atoms with Crippen molar-refractivity contribution < 1.29 is 291 Å². The fourth-order valence-electron chi connectivity index (χ4n) is 9.97. The van der Waals surface area contributed by atoms with E-state index in [-0.39, 0.29) is 0 Å². The summed E-state index contributed by atoms with van der Waals surface area (Å²) in [4.78, 5) is 405. The predicted octanol–water partition coefficient (Wildman–Crippen LogP) is -6.45. The average Bonchev–Trinajstić information content (AvgIpc) is 0.843. The zero-order valence-electron chi connectivity index (χ0n) is 78.7. The Morgan fingerprint density at radius 3 is 0.333 bits per heavy atom. The molecule has 61 heteroatoms. The fourth-order valence-corrected chi connectivity index (χ4v) is 9.97. The molecule has 788 valence electrons. The maximum absolute atomic E-state index is 15.2. The van der Waals surface area contributed by atoms with Gasteiger partial charge < -0.3 is 147 Å². The zero-order chi connectivity index (χ0) is 108. The van der Waals surface area contributed by atoms with Crippen molar-refractivity contribution in [1.29, 1.82) is 0 Å². The van der Waals surface area contributed by atoms with E-state index in [0.29, 0.717) is 56.9 Å².